The highest BCUT2D eigenvalue weighted by molar-refractivity contribution is 9.10. The van der Waals surface area contributed by atoms with Gasteiger partial charge in [-0.1, -0.05) is 6.07 Å². The number of rotatable bonds is 6. The lowest BCUT2D eigenvalue weighted by Gasteiger charge is -2.28. The van der Waals surface area contributed by atoms with Crippen LogP contribution in [0.2, 0.25) is 0 Å². The van der Waals surface area contributed by atoms with E-state index in [2.05, 4.69) is 26.0 Å². The van der Waals surface area contributed by atoms with Crippen LogP contribution in [0.5, 0.6) is 0 Å². The van der Waals surface area contributed by atoms with Crippen molar-refractivity contribution in [1.82, 2.24) is 10.0 Å². The summed E-state index contributed by atoms with van der Waals surface area (Å²) in [7, 11) is -2.33. The summed E-state index contributed by atoms with van der Waals surface area (Å²) >= 11 is 2.99. The first-order valence-corrected chi connectivity index (χ1v) is 8.85. The molecule has 0 spiro atoms. The lowest BCUT2D eigenvalue weighted by atomic mass is 9.99. The summed E-state index contributed by atoms with van der Waals surface area (Å²) in [5, 5.41) is 3.27. The van der Waals surface area contributed by atoms with E-state index in [1.165, 1.54) is 18.2 Å². The Balaban J connectivity index is 2.16. The fourth-order valence-corrected chi connectivity index (χ4v) is 4.20. The van der Waals surface area contributed by atoms with Gasteiger partial charge in [-0.2, -0.15) is 0 Å². The number of sulfonamides is 1. The van der Waals surface area contributed by atoms with E-state index >= 15 is 0 Å². The van der Waals surface area contributed by atoms with Crippen LogP contribution in [-0.2, 0) is 14.8 Å². The number of hydrogen-bond acceptors (Lipinski definition) is 4. The predicted octanol–water partition coefficient (Wildman–Crippen LogP) is 1.64. The monoisotopic (exact) mass is 380 g/mol. The zero-order chi connectivity index (χ0) is 15.5. The molecule has 0 saturated carbocycles. The Morgan fingerprint density at radius 1 is 1.52 bits per heavy atom. The molecule has 5 nitrogen and oxygen atoms in total. The molecule has 0 aliphatic carbocycles. The summed E-state index contributed by atoms with van der Waals surface area (Å²) in [6.07, 6.45) is 1.76. The minimum absolute atomic E-state index is 0.121. The van der Waals surface area contributed by atoms with Crippen molar-refractivity contribution in [2.24, 2.45) is 0 Å². The maximum atomic E-state index is 13.9. The fraction of sp³-hybridized carbons (Fsp3) is 0.538. The number of hydrogen-bond donors (Lipinski definition) is 2. The molecule has 2 rings (SSSR count). The molecule has 21 heavy (non-hydrogen) atoms. The van der Waals surface area contributed by atoms with E-state index in [4.69, 9.17) is 4.74 Å². The second-order valence-corrected chi connectivity index (χ2v) is 7.71. The maximum Gasteiger partial charge on any atom is 0.243 e. The van der Waals surface area contributed by atoms with E-state index in [1.807, 2.05) is 0 Å². The Hall–Kier alpha value is -0.540. The van der Waals surface area contributed by atoms with Crippen LogP contribution < -0.4 is 10.0 Å². The summed E-state index contributed by atoms with van der Waals surface area (Å²) in [4.78, 5) is -0.359. The maximum absolute atomic E-state index is 13.9. The van der Waals surface area contributed by atoms with Crippen molar-refractivity contribution < 1.29 is 17.5 Å². The van der Waals surface area contributed by atoms with Gasteiger partial charge in [-0.3, -0.25) is 0 Å². The van der Waals surface area contributed by atoms with Gasteiger partial charge in [0, 0.05) is 13.7 Å². The molecule has 1 heterocycles. The lowest BCUT2D eigenvalue weighted by Crippen LogP contribution is -2.52. The second kappa shape index (κ2) is 6.70. The minimum atomic E-state index is -3.91. The summed E-state index contributed by atoms with van der Waals surface area (Å²) in [6, 6.07) is 4.19. The molecule has 1 atom stereocenters. The third kappa shape index (κ3) is 3.81. The Labute approximate surface area is 132 Å². The summed E-state index contributed by atoms with van der Waals surface area (Å²) in [5.74, 6) is -0.787. The molecule has 8 heteroatoms. The minimum Gasteiger partial charge on any atom is -0.383 e. The SMILES string of the molecule is COCC1(CNS(=O)(=O)c2cccc(Br)c2F)CCCN1. The first-order chi connectivity index (χ1) is 9.90. The first kappa shape index (κ1) is 16.8. The van der Waals surface area contributed by atoms with Crippen LogP contribution in [0.15, 0.2) is 27.6 Å². The van der Waals surface area contributed by atoms with E-state index < -0.39 is 21.4 Å². The largest absolute Gasteiger partial charge is 0.383 e. The van der Waals surface area contributed by atoms with Crippen molar-refractivity contribution in [3.8, 4) is 0 Å². The first-order valence-electron chi connectivity index (χ1n) is 6.58. The van der Waals surface area contributed by atoms with E-state index in [0.717, 1.165) is 19.4 Å². The second-order valence-electron chi connectivity index (χ2n) is 5.12. The summed E-state index contributed by atoms with van der Waals surface area (Å²) < 4.78 is 46.2. The number of halogens is 2. The highest BCUT2D eigenvalue weighted by Gasteiger charge is 2.35. The lowest BCUT2D eigenvalue weighted by molar-refractivity contribution is 0.122. The summed E-state index contributed by atoms with van der Waals surface area (Å²) in [6.45, 7) is 1.38. The van der Waals surface area contributed by atoms with Crippen LogP contribution in [-0.4, -0.2) is 40.8 Å². The van der Waals surface area contributed by atoms with E-state index in [0.29, 0.717) is 6.61 Å². The molecule has 0 aromatic heterocycles. The molecule has 0 amide bonds. The normalized spacial score (nSPS) is 22.6. The van der Waals surface area contributed by atoms with Crippen LogP contribution >= 0.6 is 15.9 Å². The van der Waals surface area contributed by atoms with E-state index in [9.17, 15) is 12.8 Å². The Morgan fingerprint density at radius 3 is 2.90 bits per heavy atom. The molecule has 2 N–H and O–H groups in total. The van der Waals surface area contributed by atoms with Gasteiger partial charge >= 0.3 is 0 Å². The average Bonchev–Trinajstić information content (AvgIpc) is 2.89. The quantitative estimate of drug-likeness (QED) is 0.786. The van der Waals surface area contributed by atoms with Crippen LogP contribution in [0, 0.1) is 5.82 Å². The van der Waals surface area contributed by atoms with Gasteiger partial charge in [0.05, 0.1) is 16.6 Å². The van der Waals surface area contributed by atoms with Gasteiger partial charge in [-0.15, -0.1) is 0 Å². The number of ether oxygens (including phenoxy) is 1. The topological polar surface area (TPSA) is 67.4 Å². The molecule has 0 bridgehead atoms. The van der Waals surface area contributed by atoms with Crippen LogP contribution in [0.1, 0.15) is 12.8 Å². The molecule has 1 aromatic carbocycles. The zero-order valence-electron chi connectivity index (χ0n) is 11.7. The van der Waals surface area contributed by atoms with Gasteiger partial charge < -0.3 is 10.1 Å². The smallest absolute Gasteiger partial charge is 0.243 e. The Morgan fingerprint density at radius 2 is 2.29 bits per heavy atom. The molecule has 1 unspecified atom stereocenters. The number of benzene rings is 1. The number of methoxy groups -OCH3 is 1. The molecule has 1 aliphatic heterocycles. The van der Waals surface area contributed by atoms with E-state index in [1.54, 1.807) is 7.11 Å². The standard InChI is InChI=1S/C13H18BrFN2O3S/c1-20-9-13(6-3-7-16-13)8-17-21(18,19)11-5-2-4-10(14)12(11)15/h2,4-5,16-17H,3,6-9H2,1H3. The van der Waals surface area contributed by atoms with Crippen molar-refractivity contribution >= 4 is 26.0 Å². The summed E-state index contributed by atoms with van der Waals surface area (Å²) in [5.41, 5.74) is -0.426. The van der Waals surface area contributed by atoms with Gasteiger partial charge in [-0.25, -0.2) is 17.5 Å². The third-order valence-corrected chi connectivity index (χ3v) is 5.59. The molecule has 118 valence electrons. The predicted molar refractivity (Wildman–Crippen MR) is 81.1 cm³/mol. The zero-order valence-corrected chi connectivity index (χ0v) is 14.1. The van der Waals surface area contributed by atoms with E-state index in [-0.39, 0.29) is 15.9 Å². The van der Waals surface area contributed by atoms with Gasteiger partial charge in [0.25, 0.3) is 0 Å². The Bertz CT molecular complexity index is 603. The van der Waals surface area contributed by atoms with Gasteiger partial charge in [0.15, 0.2) is 5.82 Å². The van der Waals surface area contributed by atoms with Gasteiger partial charge in [0.1, 0.15) is 4.90 Å². The van der Waals surface area contributed by atoms with Crippen LogP contribution in [0.3, 0.4) is 0 Å². The molecule has 1 aliphatic rings. The highest BCUT2D eigenvalue weighted by atomic mass is 79.9. The molecule has 0 radical (unpaired) electrons. The van der Waals surface area contributed by atoms with Gasteiger partial charge in [0.2, 0.25) is 10.0 Å². The number of nitrogens with one attached hydrogen (secondary N) is 2. The van der Waals surface area contributed by atoms with Gasteiger partial charge in [-0.05, 0) is 47.4 Å². The van der Waals surface area contributed by atoms with Crippen molar-refractivity contribution in [3.05, 3.63) is 28.5 Å². The van der Waals surface area contributed by atoms with Crippen LogP contribution in [0.4, 0.5) is 4.39 Å². The Kier molecular flexibility index (Phi) is 5.37. The van der Waals surface area contributed by atoms with Crippen molar-refractivity contribution in [3.63, 3.8) is 0 Å². The average molecular weight is 381 g/mol. The fourth-order valence-electron chi connectivity index (χ4n) is 2.47. The molecule has 1 saturated heterocycles. The highest BCUT2D eigenvalue weighted by Crippen LogP contribution is 2.24. The van der Waals surface area contributed by atoms with Crippen molar-refractivity contribution in [2.45, 2.75) is 23.3 Å². The molecule has 1 fully saturated rings. The van der Waals surface area contributed by atoms with Crippen molar-refractivity contribution in [1.29, 1.82) is 0 Å². The van der Waals surface area contributed by atoms with Crippen molar-refractivity contribution in [2.75, 3.05) is 26.8 Å². The third-order valence-electron chi connectivity index (χ3n) is 3.56. The molecular weight excluding hydrogens is 363 g/mol. The van der Waals surface area contributed by atoms with Crippen LogP contribution in [0.25, 0.3) is 0 Å². The molecule has 1 aromatic rings. The molecular formula is C13H18BrFN2O3S.